The molecule has 0 aliphatic carbocycles. The van der Waals surface area contributed by atoms with Crippen LogP contribution >= 0.6 is 34.9 Å². The SMILES string of the molecule is CCSc1nnc(NC(=O)CSc2nc3c([nH]c4ccccc43)c(=O)n2-c2cc(C)ccc2C)s1. The second-order valence-corrected chi connectivity index (χ2v) is 11.3. The number of fused-ring (bicyclic) bond motifs is 3. The summed E-state index contributed by atoms with van der Waals surface area (Å²) < 4.78 is 2.41. The van der Waals surface area contributed by atoms with Gasteiger partial charge >= 0.3 is 0 Å². The minimum atomic E-state index is -0.236. The number of amides is 1. The molecule has 2 aromatic carbocycles. The topological polar surface area (TPSA) is 106 Å². The van der Waals surface area contributed by atoms with Crippen molar-refractivity contribution in [2.75, 3.05) is 16.8 Å². The van der Waals surface area contributed by atoms with E-state index in [1.54, 1.807) is 16.3 Å². The minimum Gasteiger partial charge on any atom is -0.349 e. The fourth-order valence-electron chi connectivity index (χ4n) is 3.74. The number of H-pyrrole nitrogens is 1. The number of hydrogen-bond donors (Lipinski definition) is 2. The van der Waals surface area contributed by atoms with Crippen LogP contribution < -0.4 is 10.9 Å². The Labute approximate surface area is 213 Å². The molecule has 178 valence electrons. The number of nitrogens with zero attached hydrogens (tertiary/aromatic N) is 4. The summed E-state index contributed by atoms with van der Waals surface area (Å²) in [6.07, 6.45) is 0. The number of para-hydroxylation sites is 1. The molecule has 5 rings (SSSR count). The number of anilines is 1. The molecule has 0 spiro atoms. The fraction of sp³-hybridized carbons (Fsp3) is 0.208. The Kier molecular flexibility index (Phi) is 6.63. The summed E-state index contributed by atoms with van der Waals surface area (Å²) in [6, 6.07) is 13.6. The Morgan fingerprint density at radius 1 is 1.14 bits per heavy atom. The van der Waals surface area contributed by atoms with Crippen LogP contribution in [0.4, 0.5) is 5.13 Å². The summed E-state index contributed by atoms with van der Waals surface area (Å²) in [5.74, 6) is 0.720. The van der Waals surface area contributed by atoms with Gasteiger partial charge in [0.2, 0.25) is 11.0 Å². The van der Waals surface area contributed by atoms with Gasteiger partial charge < -0.3 is 4.98 Å². The molecule has 35 heavy (non-hydrogen) atoms. The van der Waals surface area contributed by atoms with E-state index in [0.717, 1.165) is 37.8 Å². The summed E-state index contributed by atoms with van der Waals surface area (Å²) in [4.78, 5) is 34.5. The molecule has 0 bridgehead atoms. The molecule has 3 heterocycles. The van der Waals surface area contributed by atoms with Crippen molar-refractivity contribution in [1.29, 1.82) is 0 Å². The maximum Gasteiger partial charge on any atom is 0.283 e. The van der Waals surface area contributed by atoms with Gasteiger partial charge in [-0.2, -0.15) is 0 Å². The highest BCUT2D eigenvalue weighted by Crippen LogP contribution is 2.28. The van der Waals surface area contributed by atoms with Gasteiger partial charge in [-0.15, -0.1) is 10.2 Å². The van der Waals surface area contributed by atoms with Crippen molar-refractivity contribution in [3.8, 4) is 5.69 Å². The molecule has 0 aliphatic heterocycles. The fourth-order valence-corrected chi connectivity index (χ4v) is 6.20. The van der Waals surface area contributed by atoms with Crippen LogP contribution in [0.2, 0.25) is 0 Å². The van der Waals surface area contributed by atoms with Gasteiger partial charge in [-0.05, 0) is 42.9 Å². The summed E-state index contributed by atoms with van der Waals surface area (Å²) in [5, 5.41) is 12.7. The number of nitrogens with one attached hydrogen (secondary N) is 2. The normalized spacial score (nSPS) is 11.4. The second-order valence-electron chi connectivity index (χ2n) is 7.86. The standard InChI is InChI=1S/C24H22N6O2S3/c1-4-33-24-29-28-22(35-24)26-18(31)12-34-23-27-19-15-7-5-6-8-16(15)25-20(19)21(32)30(23)17-11-13(2)9-10-14(17)3/h5-11,25H,4,12H2,1-3H3,(H,26,28,31). The zero-order valence-electron chi connectivity index (χ0n) is 19.3. The van der Waals surface area contributed by atoms with Crippen molar-refractivity contribution in [2.45, 2.75) is 30.3 Å². The molecule has 0 atom stereocenters. The smallest absolute Gasteiger partial charge is 0.283 e. The molecule has 8 nitrogen and oxygen atoms in total. The van der Waals surface area contributed by atoms with E-state index in [1.807, 2.05) is 63.2 Å². The van der Waals surface area contributed by atoms with Crippen LogP contribution in [0.3, 0.4) is 0 Å². The van der Waals surface area contributed by atoms with Crippen LogP contribution in [0.25, 0.3) is 27.6 Å². The third-order valence-corrected chi connectivity index (χ3v) is 8.15. The Morgan fingerprint density at radius 3 is 2.80 bits per heavy atom. The van der Waals surface area contributed by atoms with E-state index in [-0.39, 0.29) is 17.2 Å². The molecule has 0 unspecified atom stereocenters. The van der Waals surface area contributed by atoms with Gasteiger partial charge in [-0.25, -0.2) is 4.98 Å². The molecule has 0 radical (unpaired) electrons. The zero-order chi connectivity index (χ0) is 24.5. The highest BCUT2D eigenvalue weighted by Gasteiger charge is 2.19. The van der Waals surface area contributed by atoms with E-state index in [4.69, 9.17) is 4.98 Å². The first-order valence-electron chi connectivity index (χ1n) is 10.9. The first-order chi connectivity index (χ1) is 16.9. The first kappa shape index (κ1) is 23.6. The number of rotatable bonds is 7. The van der Waals surface area contributed by atoms with Crippen LogP contribution in [0.5, 0.6) is 0 Å². The van der Waals surface area contributed by atoms with E-state index in [2.05, 4.69) is 20.5 Å². The largest absolute Gasteiger partial charge is 0.349 e. The number of benzene rings is 2. The van der Waals surface area contributed by atoms with Crippen LogP contribution in [0.15, 0.2) is 56.8 Å². The highest BCUT2D eigenvalue weighted by atomic mass is 32.2. The molecule has 0 aliphatic rings. The predicted octanol–water partition coefficient (Wildman–Crippen LogP) is 5.18. The van der Waals surface area contributed by atoms with Crippen molar-refractivity contribution in [3.63, 3.8) is 0 Å². The number of aromatic nitrogens is 5. The monoisotopic (exact) mass is 522 g/mol. The Hall–Kier alpha value is -3.15. The van der Waals surface area contributed by atoms with Crippen LogP contribution in [-0.4, -0.2) is 42.1 Å². The lowest BCUT2D eigenvalue weighted by Gasteiger charge is -2.15. The molecule has 0 saturated carbocycles. The molecular weight excluding hydrogens is 501 g/mol. The van der Waals surface area contributed by atoms with E-state index in [9.17, 15) is 9.59 Å². The lowest BCUT2D eigenvalue weighted by molar-refractivity contribution is -0.113. The third kappa shape index (κ3) is 4.71. The van der Waals surface area contributed by atoms with Gasteiger partial charge in [-0.1, -0.05) is 72.1 Å². The number of carbonyl (C=O) groups is 1. The number of hydrogen-bond acceptors (Lipinski definition) is 8. The molecule has 3 aromatic heterocycles. The molecule has 11 heteroatoms. The maximum atomic E-state index is 13.7. The quantitative estimate of drug-likeness (QED) is 0.172. The maximum absolute atomic E-state index is 13.7. The van der Waals surface area contributed by atoms with Gasteiger partial charge in [0.05, 0.1) is 11.4 Å². The average molecular weight is 523 g/mol. The summed E-state index contributed by atoms with van der Waals surface area (Å²) in [6.45, 7) is 5.98. The molecule has 5 aromatic rings. The Balaban J connectivity index is 1.54. The summed E-state index contributed by atoms with van der Waals surface area (Å²) in [7, 11) is 0. The van der Waals surface area contributed by atoms with Crippen molar-refractivity contribution in [2.24, 2.45) is 0 Å². The highest BCUT2D eigenvalue weighted by molar-refractivity contribution is 8.01. The zero-order valence-corrected chi connectivity index (χ0v) is 21.7. The number of thioether (sulfide) groups is 2. The van der Waals surface area contributed by atoms with Gasteiger partial charge in [0.25, 0.3) is 5.56 Å². The number of aromatic amines is 1. The second kappa shape index (κ2) is 9.84. The van der Waals surface area contributed by atoms with Crippen LogP contribution in [0.1, 0.15) is 18.1 Å². The van der Waals surface area contributed by atoms with Gasteiger partial charge in [-0.3, -0.25) is 19.5 Å². The molecular formula is C24H22N6O2S3. The average Bonchev–Trinajstić information content (AvgIpc) is 3.44. The van der Waals surface area contributed by atoms with Crippen molar-refractivity contribution in [1.82, 2.24) is 24.7 Å². The molecule has 0 fully saturated rings. The van der Waals surface area contributed by atoms with Crippen molar-refractivity contribution < 1.29 is 4.79 Å². The molecule has 0 saturated heterocycles. The Bertz CT molecular complexity index is 1620. The Morgan fingerprint density at radius 2 is 1.97 bits per heavy atom. The van der Waals surface area contributed by atoms with Crippen molar-refractivity contribution >= 4 is 67.8 Å². The van der Waals surface area contributed by atoms with Crippen LogP contribution in [0, 0.1) is 13.8 Å². The van der Waals surface area contributed by atoms with Gasteiger partial charge in [0.15, 0.2) is 9.50 Å². The number of aryl methyl sites for hydroxylation is 2. The molecule has 1 amide bonds. The summed E-state index contributed by atoms with van der Waals surface area (Å²) in [5.41, 5.74) is 4.40. The lowest BCUT2D eigenvalue weighted by atomic mass is 10.1. The van der Waals surface area contributed by atoms with E-state index < -0.39 is 0 Å². The van der Waals surface area contributed by atoms with E-state index in [0.29, 0.717) is 21.3 Å². The number of carbonyl (C=O) groups excluding carboxylic acids is 1. The summed E-state index contributed by atoms with van der Waals surface area (Å²) >= 11 is 4.14. The third-order valence-electron chi connectivity index (χ3n) is 5.35. The van der Waals surface area contributed by atoms with Gasteiger partial charge in [0.1, 0.15) is 11.0 Å². The minimum absolute atomic E-state index is 0.0704. The van der Waals surface area contributed by atoms with Gasteiger partial charge in [0, 0.05) is 10.9 Å². The van der Waals surface area contributed by atoms with Crippen LogP contribution in [-0.2, 0) is 4.79 Å². The van der Waals surface area contributed by atoms with E-state index >= 15 is 0 Å². The van der Waals surface area contributed by atoms with Crippen molar-refractivity contribution in [3.05, 3.63) is 63.9 Å². The van der Waals surface area contributed by atoms with E-state index in [1.165, 1.54) is 23.1 Å². The first-order valence-corrected chi connectivity index (χ1v) is 13.7. The lowest BCUT2D eigenvalue weighted by Crippen LogP contribution is -2.23. The predicted molar refractivity (Wildman–Crippen MR) is 144 cm³/mol. The molecule has 2 N–H and O–H groups in total.